The first-order chi connectivity index (χ1) is 9.88. The molecule has 1 aromatic rings. The highest BCUT2D eigenvalue weighted by Gasteiger charge is 2.24. The van der Waals surface area contributed by atoms with E-state index in [1.165, 1.54) is 6.42 Å². The van der Waals surface area contributed by atoms with Crippen LogP contribution in [0.3, 0.4) is 0 Å². The Bertz CT molecular complexity index is 526. The molecule has 1 aliphatic rings. The third-order valence-corrected chi connectivity index (χ3v) is 3.93. The summed E-state index contributed by atoms with van der Waals surface area (Å²) in [4.78, 5) is 28.6. The lowest BCUT2D eigenvalue weighted by molar-refractivity contribution is -0.123. The Kier molecular flexibility index (Phi) is 4.76. The lowest BCUT2D eigenvalue weighted by Crippen LogP contribution is -2.27. The molecule has 4 nitrogen and oxygen atoms in total. The average Bonchev–Trinajstić information content (AvgIpc) is 2.46. The number of carbonyl (C=O) groups excluding carboxylic acids is 2. The fourth-order valence-corrected chi connectivity index (χ4v) is 2.54. The quantitative estimate of drug-likeness (QED) is 0.860. The SMILES string of the molecule is CC(C)(C)C(=O)Nc1ccnc(C(=O)C2CCCCC2)c1. The normalized spacial score (nSPS) is 16.5. The van der Waals surface area contributed by atoms with Gasteiger partial charge < -0.3 is 5.32 Å². The van der Waals surface area contributed by atoms with Crippen LogP contribution in [0.1, 0.15) is 63.4 Å². The zero-order valence-corrected chi connectivity index (χ0v) is 13.1. The van der Waals surface area contributed by atoms with Gasteiger partial charge in [-0.3, -0.25) is 14.6 Å². The van der Waals surface area contributed by atoms with E-state index in [2.05, 4.69) is 10.3 Å². The maximum absolute atomic E-state index is 12.5. The molecule has 1 aromatic heterocycles. The van der Waals surface area contributed by atoms with Gasteiger partial charge in [0.2, 0.25) is 5.91 Å². The number of carbonyl (C=O) groups is 2. The highest BCUT2D eigenvalue weighted by Crippen LogP contribution is 2.27. The molecule has 2 rings (SSSR count). The van der Waals surface area contributed by atoms with E-state index in [9.17, 15) is 9.59 Å². The van der Waals surface area contributed by atoms with Crippen molar-refractivity contribution in [1.29, 1.82) is 0 Å². The van der Waals surface area contributed by atoms with E-state index >= 15 is 0 Å². The van der Waals surface area contributed by atoms with Gasteiger partial charge in [0.05, 0.1) is 0 Å². The zero-order chi connectivity index (χ0) is 15.5. The standard InChI is InChI=1S/C17H24N2O2/c1-17(2,3)16(21)19-13-9-10-18-14(11-13)15(20)12-7-5-4-6-8-12/h9-12H,4-8H2,1-3H3,(H,18,19,21). The molecule has 0 aromatic carbocycles. The van der Waals surface area contributed by atoms with Crippen molar-refractivity contribution in [3.05, 3.63) is 24.0 Å². The fourth-order valence-electron chi connectivity index (χ4n) is 2.54. The Hall–Kier alpha value is -1.71. The van der Waals surface area contributed by atoms with E-state index in [1.54, 1.807) is 18.3 Å². The number of Topliss-reactive ketones (excluding diaryl/α,β-unsaturated/α-hetero) is 1. The third kappa shape index (κ3) is 4.13. The average molecular weight is 288 g/mol. The number of ketones is 1. The first-order valence-electron chi connectivity index (χ1n) is 7.69. The Morgan fingerprint density at radius 2 is 1.86 bits per heavy atom. The second kappa shape index (κ2) is 6.37. The fraction of sp³-hybridized carbons (Fsp3) is 0.588. The van der Waals surface area contributed by atoms with Crippen LogP contribution in [0.2, 0.25) is 0 Å². The molecule has 1 N–H and O–H groups in total. The van der Waals surface area contributed by atoms with Gasteiger partial charge >= 0.3 is 0 Å². The number of aromatic nitrogens is 1. The van der Waals surface area contributed by atoms with Gasteiger partial charge in [-0.25, -0.2) is 0 Å². The number of hydrogen-bond acceptors (Lipinski definition) is 3. The number of nitrogens with zero attached hydrogens (tertiary/aromatic N) is 1. The number of amides is 1. The van der Waals surface area contributed by atoms with Crippen LogP contribution in [0.4, 0.5) is 5.69 Å². The van der Waals surface area contributed by atoms with Gasteiger partial charge in [-0.2, -0.15) is 0 Å². The first kappa shape index (κ1) is 15.7. The van der Waals surface area contributed by atoms with Crippen molar-refractivity contribution in [3.8, 4) is 0 Å². The maximum atomic E-state index is 12.5. The predicted octanol–water partition coefficient (Wildman–Crippen LogP) is 3.83. The lowest BCUT2D eigenvalue weighted by Gasteiger charge is -2.20. The van der Waals surface area contributed by atoms with Gasteiger partial charge in [-0.05, 0) is 25.0 Å². The molecule has 0 saturated heterocycles. The molecule has 0 spiro atoms. The Morgan fingerprint density at radius 3 is 2.48 bits per heavy atom. The Labute approximate surface area is 126 Å². The number of nitrogens with one attached hydrogen (secondary N) is 1. The molecule has 4 heteroatoms. The predicted molar refractivity (Wildman–Crippen MR) is 83.2 cm³/mol. The molecule has 0 radical (unpaired) electrons. The molecule has 0 atom stereocenters. The van der Waals surface area contributed by atoms with E-state index in [-0.39, 0.29) is 17.6 Å². The molecular weight excluding hydrogens is 264 g/mol. The highest BCUT2D eigenvalue weighted by molar-refractivity contribution is 5.99. The molecule has 1 fully saturated rings. The summed E-state index contributed by atoms with van der Waals surface area (Å²) < 4.78 is 0. The minimum absolute atomic E-state index is 0.0650. The Morgan fingerprint density at radius 1 is 1.19 bits per heavy atom. The summed E-state index contributed by atoms with van der Waals surface area (Å²) in [5.74, 6) is 0.145. The molecule has 0 unspecified atom stereocenters. The molecule has 0 bridgehead atoms. The van der Waals surface area contributed by atoms with Gasteiger partial charge in [0.1, 0.15) is 5.69 Å². The summed E-state index contributed by atoms with van der Waals surface area (Å²) in [6.45, 7) is 5.58. The molecule has 0 aliphatic heterocycles. The van der Waals surface area contributed by atoms with Crippen molar-refractivity contribution < 1.29 is 9.59 Å². The highest BCUT2D eigenvalue weighted by atomic mass is 16.2. The van der Waals surface area contributed by atoms with Gasteiger partial charge in [0, 0.05) is 23.2 Å². The van der Waals surface area contributed by atoms with E-state index in [0.29, 0.717) is 11.4 Å². The monoisotopic (exact) mass is 288 g/mol. The topological polar surface area (TPSA) is 59.1 Å². The Balaban J connectivity index is 2.10. The molecule has 1 saturated carbocycles. The summed E-state index contributed by atoms with van der Waals surface area (Å²) in [5.41, 5.74) is 0.647. The largest absolute Gasteiger partial charge is 0.326 e. The van der Waals surface area contributed by atoms with Crippen LogP contribution >= 0.6 is 0 Å². The molecular formula is C17H24N2O2. The van der Waals surface area contributed by atoms with Crippen LogP contribution in [0.15, 0.2) is 18.3 Å². The molecule has 1 amide bonds. The molecule has 1 heterocycles. The van der Waals surface area contributed by atoms with Crippen molar-refractivity contribution in [2.45, 2.75) is 52.9 Å². The molecule has 21 heavy (non-hydrogen) atoms. The molecule has 1 aliphatic carbocycles. The van der Waals surface area contributed by atoms with Crippen LogP contribution in [0.25, 0.3) is 0 Å². The summed E-state index contributed by atoms with van der Waals surface area (Å²) in [5, 5.41) is 2.85. The summed E-state index contributed by atoms with van der Waals surface area (Å²) in [6, 6.07) is 3.42. The lowest BCUT2D eigenvalue weighted by atomic mass is 9.85. The van der Waals surface area contributed by atoms with Gasteiger partial charge in [-0.1, -0.05) is 40.0 Å². The summed E-state index contributed by atoms with van der Waals surface area (Å²) in [7, 11) is 0. The van der Waals surface area contributed by atoms with E-state index in [1.807, 2.05) is 20.8 Å². The number of anilines is 1. The van der Waals surface area contributed by atoms with E-state index in [4.69, 9.17) is 0 Å². The smallest absolute Gasteiger partial charge is 0.229 e. The van der Waals surface area contributed by atoms with Crippen molar-refractivity contribution in [3.63, 3.8) is 0 Å². The van der Waals surface area contributed by atoms with Crippen LogP contribution in [-0.4, -0.2) is 16.7 Å². The van der Waals surface area contributed by atoms with Crippen LogP contribution < -0.4 is 5.32 Å². The van der Waals surface area contributed by atoms with Crippen molar-refractivity contribution in [2.75, 3.05) is 5.32 Å². The van der Waals surface area contributed by atoms with Crippen molar-refractivity contribution in [2.24, 2.45) is 11.3 Å². The minimum atomic E-state index is -0.461. The van der Waals surface area contributed by atoms with E-state index < -0.39 is 5.41 Å². The van der Waals surface area contributed by atoms with Gasteiger partial charge in [-0.15, -0.1) is 0 Å². The van der Waals surface area contributed by atoms with Crippen LogP contribution in [0.5, 0.6) is 0 Å². The molecule has 114 valence electrons. The zero-order valence-electron chi connectivity index (χ0n) is 13.1. The maximum Gasteiger partial charge on any atom is 0.229 e. The second-order valence-electron chi connectivity index (χ2n) is 6.83. The van der Waals surface area contributed by atoms with Crippen molar-refractivity contribution in [1.82, 2.24) is 4.98 Å². The summed E-state index contributed by atoms with van der Waals surface area (Å²) in [6.07, 6.45) is 6.97. The number of hydrogen-bond donors (Lipinski definition) is 1. The van der Waals surface area contributed by atoms with Gasteiger partial charge in [0.15, 0.2) is 5.78 Å². The van der Waals surface area contributed by atoms with Gasteiger partial charge in [0.25, 0.3) is 0 Å². The van der Waals surface area contributed by atoms with Crippen LogP contribution in [-0.2, 0) is 4.79 Å². The van der Waals surface area contributed by atoms with Crippen LogP contribution in [0, 0.1) is 11.3 Å². The number of pyridine rings is 1. The second-order valence-corrected chi connectivity index (χ2v) is 6.83. The first-order valence-corrected chi connectivity index (χ1v) is 7.69. The van der Waals surface area contributed by atoms with Crippen molar-refractivity contribution >= 4 is 17.4 Å². The summed E-state index contributed by atoms with van der Waals surface area (Å²) >= 11 is 0. The minimum Gasteiger partial charge on any atom is -0.326 e. The number of rotatable bonds is 3. The van der Waals surface area contributed by atoms with E-state index in [0.717, 1.165) is 25.7 Å². The third-order valence-electron chi connectivity index (χ3n) is 3.93.